The Hall–Kier alpha value is -2.27. The summed E-state index contributed by atoms with van der Waals surface area (Å²) >= 11 is 1.65. The molecule has 20 heavy (non-hydrogen) atoms. The number of aryl methyl sites for hydroxylation is 1. The normalized spacial score (nSPS) is 10.5. The minimum atomic E-state index is 0.571. The molecule has 0 atom stereocenters. The fourth-order valence-electron chi connectivity index (χ4n) is 2.04. The summed E-state index contributed by atoms with van der Waals surface area (Å²) in [5.41, 5.74) is 3.82. The first-order chi connectivity index (χ1) is 9.79. The lowest BCUT2D eigenvalue weighted by atomic mass is 10.0. The Bertz CT molecular complexity index is 726. The zero-order valence-corrected chi connectivity index (χ0v) is 12.0. The van der Waals surface area contributed by atoms with E-state index in [1.165, 1.54) is 0 Å². The van der Waals surface area contributed by atoms with Gasteiger partial charge in [0.05, 0.1) is 18.4 Å². The first kappa shape index (κ1) is 12.7. The summed E-state index contributed by atoms with van der Waals surface area (Å²) in [5, 5.41) is 4.12. The molecule has 0 aromatic carbocycles. The van der Waals surface area contributed by atoms with Gasteiger partial charge in [-0.1, -0.05) is 0 Å². The molecule has 0 saturated carbocycles. The van der Waals surface area contributed by atoms with Gasteiger partial charge in [-0.2, -0.15) is 11.3 Å². The molecule has 0 bridgehead atoms. The zero-order chi connectivity index (χ0) is 13.9. The largest absolute Gasteiger partial charge is 0.481 e. The fraction of sp³-hybridized carbons (Fsp3) is 0.133. The molecule has 0 unspecified atom stereocenters. The maximum Gasteiger partial charge on any atom is 0.222 e. The summed E-state index contributed by atoms with van der Waals surface area (Å²) in [6.07, 6.45) is 3.56. The molecular weight excluding hydrogens is 270 g/mol. The maximum absolute atomic E-state index is 5.34. The molecule has 0 saturated heterocycles. The quantitative estimate of drug-likeness (QED) is 0.737. The van der Waals surface area contributed by atoms with Crippen LogP contribution in [0.2, 0.25) is 0 Å². The van der Waals surface area contributed by atoms with Crippen LogP contribution in [0.4, 0.5) is 0 Å². The van der Waals surface area contributed by atoms with Gasteiger partial charge < -0.3 is 4.74 Å². The van der Waals surface area contributed by atoms with Crippen molar-refractivity contribution in [3.05, 3.63) is 47.2 Å². The Labute approximate surface area is 121 Å². The average Bonchev–Trinajstić information content (AvgIpc) is 3.01. The Morgan fingerprint density at radius 1 is 1.15 bits per heavy atom. The van der Waals surface area contributed by atoms with Gasteiger partial charge in [0.1, 0.15) is 5.82 Å². The molecule has 0 spiro atoms. The van der Waals surface area contributed by atoms with E-state index in [0.717, 1.165) is 28.2 Å². The van der Waals surface area contributed by atoms with Crippen LogP contribution < -0.4 is 4.74 Å². The van der Waals surface area contributed by atoms with Crippen molar-refractivity contribution in [2.24, 2.45) is 0 Å². The van der Waals surface area contributed by atoms with Crippen molar-refractivity contribution >= 4 is 11.3 Å². The second kappa shape index (κ2) is 5.38. The third-order valence-electron chi connectivity index (χ3n) is 2.96. The lowest BCUT2D eigenvalue weighted by Gasteiger charge is -2.10. The van der Waals surface area contributed by atoms with Crippen molar-refractivity contribution in [3.8, 4) is 28.3 Å². The van der Waals surface area contributed by atoms with Crippen LogP contribution >= 0.6 is 11.3 Å². The molecule has 4 nitrogen and oxygen atoms in total. The summed E-state index contributed by atoms with van der Waals surface area (Å²) in [7, 11) is 1.62. The molecule has 0 fully saturated rings. The molecular formula is C15H13N3OS. The number of hydrogen-bond acceptors (Lipinski definition) is 5. The van der Waals surface area contributed by atoms with E-state index in [2.05, 4.69) is 26.4 Å². The molecule has 3 rings (SSSR count). The lowest BCUT2D eigenvalue weighted by Crippen LogP contribution is -1.97. The van der Waals surface area contributed by atoms with Crippen molar-refractivity contribution < 1.29 is 4.74 Å². The van der Waals surface area contributed by atoms with Crippen molar-refractivity contribution in [1.29, 1.82) is 0 Å². The van der Waals surface area contributed by atoms with E-state index in [1.807, 2.05) is 30.6 Å². The first-order valence-corrected chi connectivity index (χ1v) is 7.09. The van der Waals surface area contributed by atoms with Gasteiger partial charge in [0.2, 0.25) is 5.88 Å². The van der Waals surface area contributed by atoms with E-state index >= 15 is 0 Å². The number of pyridine rings is 1. The topological polar surface area (TPSA) is 47.9 Å². The molecule has 0 N–H and O–H groups in total. The van der Waals surface area contributed by atoms with Crippen LogP contribution in [-0.4, -0.2) is 22.1 Å². The van der Waals surface area contributed by atoms with Crippen molar-refractivity contribution in [3.63, 3.8) is 0 Å². The predicted molar refractivity (Wildman–Crippen MR) is 79.9 cm³/mol. The van der Waals surface area contributed by atoms with Crippen molar-refractivity contribution in [1.82, 2.24) is 15.0 Å². The van der Waals surface area contributed by atoms with Gasteiger partial charge in [0.25, 0.3) is 0 Å². The molecule has 0 amide bonds. The van der Waals surface area contributed by atoms with Crippen LogP contribution in [0.1, 0.15) is 5.82 Å². The SMILES string of the molecule is COc1ncccc1-c1nc(C)ncc1-c1ccsc1. The Morgan fingerprint density at radius 2 is 2.05 bits per heavy atom. The minimum absolute atomic E-state index is 0.571. The Kier molecular flexibility index (Phi) is 3.43. The van der Waals surface area contributed by atoms with Crippen molar-refractivity contribution in [2.75, 3.05) is 7.11 Å². The number of rotatable bonds is 3. The van der Waals surface area contributed by atoms with Gasteiger partial charge in [-0.3, -0.25) is 0 Å². The summed E-state index contributed by atoms with van der Waals surface area (Å²) in [5.74, 6) is 1.30. The van der Waals surface area contributed by atoms with E-state index in [-0.39, 0.29) is 0 Å². The third kappa shape index (κ3) is 2.28. The maximum atomic E-state index is 5.34. The summed E-state index contributed by atoms with van der Waals surface area (Å²) in [4.78, 5) is 13.1. The fourth-order valence-corrected chi connectivity index (χ4v) is 2.69. The van der Waals surface area contributed by atoms with Crippen molar-refractivity contribution in [2.45, 2.75) is 6.92 Å². The molecule has 0 aliphatic heterocycles. The number of hydrogen-bond donors (Lipinski definition) is 0. The molecule has 3 heterocycles. The van der Waals surface area contributed by atoms with Crippen LogP contribution in [0.15, 0.2) is 41.4 Å². The molecule has 100 valence electrons. The highest BCUT2D eigenvalue weighted by Crippen LogP contribution is 2.34. The van der Waals surface area contributed by atoms with Gasteiger partial charge in [0, 0.05) is 18.0 Å². The lowest BCUT2D eigenvalue weighted by molar-refractivity contribution is 0.399. The van der Waals surface area contributed by atoms with Gasteiger partial charge in [-0.25, -0.2) is 15.0 Å². The smallest absolute Gasteiger partial charge is 0.222 e. The summed E-state index contributed by atoms with van der Waals surface area (Å²) < 4.78 is 5.34. The molecule has 0 radical (unpaired) electrons. The van der Waals surface area contributed by atoms with E-state index in [0.29, 0.717) is 5.88 Å². The van der Waals surface area contributed by atoms with Gasteiger partial charge in [-0.15, -0.1) is 0 Å². The minimum Gasteiger partial charge on any atom is -0.481 e. The molecule has 5 heteroatoms. The number of thiophene rings is 1. The Balaban J connectivity index is 2.25. The number of ether oxygens (including phenoxy) is 1. The van der Waals surface area contributed by atoms with Crippen LogP contribution in [0, 0.1) is 6.92 Å². The first-order valence-electron chi connectivity index (χ1n) is 6.15. The van der Waals surface area contributed by atoms with Crippen LogP contribution in [0.25, 0.3) is 22.4 Å². The summed E-state index contributed by atoms with van der Waals surface area (Å²) in [6.45, 7) is 1.88. The van der Waals surface area contributed by atoms with E-state index in [4.69, 9.17) is 4.74 Å². The highest BCUT2D eigenvalue weighted by Gasteiger charge is 2.15. The average molecular weight is 283 g/mol. The van der Waals surface area contributed by atoms with E-state index < -0.39 is 0 Å². The Morgan fingerprint density at radius 3 is 2.80 bits per heavy atom. The molecule has 0 aliphatic carbocycles. The monoisotopic (exact) mass is 283 g/mol. The van der Waals surface area contributed by atoms with Gasteiger partial charge in [0.15, 0.2) is 0 Å². The zero-order valence-electron chi connectivity index (χ0n) is 11.2. The van der Waals surface area contributed by atoms with Gasteiger partial charge in [-0.05, 0) is 41.4 Å². The van der Waals surface area contributed by atoms with E-state index in [9.17, 15) is 0 Å². The second-order valence-corrected chi connectivity index (χ2v) is 5.03. The molecule has 3 aromatic heterocycles. The van der Waals surface area contributed by atoms with Crippen LogP contribution in [0.3, 0.4) is 0 Å². The number of aromatic nitrogens is 3. The van der Waals surface area contributed by atoms with Crippen LogP contribution in [-0.2, 0) is 0 Å². The number of methoxy groups -OCH3 is 1. The molecule has 3 aromatic rings. The number of nitrogens with zero attached hydrogens (tertiary/aromatic N) is 3. The van der Waals surface area contributed by atoms with Gasteiger partial charge >= 0.3 is 0 Å². The predicted octanol–water partition coefficient (Wildman–Crippen LogP) is 3.58. The second-order valence-electron chi connectivity index (χ2n) is 4.25. The third-order valence-corrected chi connectivity index (χ3v) is 3.64. The standard InChI is InChI=1S/C15H13N3OS/c1-10-17-8-13(11-5-7-20-9-11)14(18-10)12-4-3-6-16-15(12)19-2/h3-9H,1-2H3. The van der Waals surface area contributed by atoms with E-state index in [1.54, 1.807) is 24.6 Å². The summed E-state index contributed by atoms with van der Waals surface area (Å²) in [6, 6.07) is 5.90. The highest BCUT2D eigenvalue weighted by molar-refractivity contribution is 7.08. The highest BCUT2D eigenvalue weighted by atomic mass is 32.1. The van der Waals surface area contributed by atoms with Crippen LogP contribution in [0.5, 0.6) is 5.88 Å². The molecule has 0 aliphatic rings.